The molecule has 2 aromatic heterocycles. The lowest BCUT2D eigenvalue weighted by atomic mass is 10.2. The maximum atomic E-state index is 12.7. The Morgan fingerprint density at radius 1 is 1.22 bits per heavy atom. The van der Waals surface area contributed by atoms with Crippen molar-refractivity contribution in [2.24, 2.45) is 0 Å². The van der Waals surface area contributed by atoms with Crippen molar-refractivity contribution in [3.63, 3.8) is 0 Å². The fourth-order valence-corrected chi connectivity index (χ4v) is 3.72. The zero-order valence-electron chi connectivity index (χ0n) is 17.9. The minimum absolute atomic E-state index is 0.0707. The second-order valence-corrected chi connectivity index (χ2v) is 7.73. The first-order valence-electron chi connectivity index (χ1n) is 10.2. The molecule has 1 aliphatic rings. The van der Waals surface area contributed by atoms with E-state index in [1.807, 2.05) is 19.9 Å². The zero-order chi connectivity index (χ0) is 22.8. The average molecular weight is 437 g/mol. The van der Waals surface area contributed by atoms with E-state index in [2.05, 4.69) is 25.5 Å². The van der Waals surface area contributed by atoms with Crippen LogP contribution in [-0.2, 0) is 4.74 Å². The summed E-state index contributed by atoms with van der Waals surface area (Å²) >= 11 is 0. The second kappa shape index (κ2) is 8.71. The summed E-state index contributed by atoms with van der Waals surface area (Å²) < 4.78 is 7.14. The lowest BCUT2D eigenvalue weighted by molar-refractivity contribution is -0.384. The maximum absolute atomic E-state index is 12.7. The number of benzene rings is 1. The molecule has 166 valence electrons. The highest BCUT2D eigenvalue weighted by molar-refractivity contribution is 6.03. The highest BCUT2D eigenvalue weighted by Crippen LogP contribution is 2.21. The number of carbonyl (C=O) groups excluding carboxylic acids is 1. The summed E-state index contributed by atoms with van der Waals surface area (Å²) in [6.45, 7) is 7.24. The van der Waals surface area contributed by atoms with Gasteiger partial charge in [0.15, 0.2) is 5.69 Å². The highest BCUT2D eigenvalue weighted by Gasteiger charge is 2.23. The largest absolute Gasteiger partial charge is 0.372 e. The third-order valence-electron chi connectivity index (χ3n) is 5.14. The van der Waals surface area contributed by atoms with E-state index in [1.54, 1.807) is 31.3 Å². The van der Waals surface area contributed by atoms with Crippen LogP contribution in [0.25, 0.3) is 5.69 Å². The molecule has 1 saturated heterocycles. The number of hydrogen-bond acceptors (Lipinski definition) is 8. The van der Waals surface area contributed by atoms with Gasteiger partial charge in [-0.05, 0) is 39.0 Å². The molecule has 32 heavy (non-hydrogen) atoms. The van der Waals surface area contributed by atoms with Crippen LogP contribution in [0.3, 0.4) is 0 Å². The van der Waals surface area contributed by atoms with E-state index >= 15 is 0 Å². The van der Waals surface area contributed by atoms with Gasteiger partial charge >= 0.3 is 0 Å². The van der Waals surface area contributed by atoms with Gasteiger partial charge in [-0.25, -0.2) is 9.67 Å². The maximum Gasteiger partial charge on any atom is 0.278 e. The molecule has 3 aromatic rings. The van der Waals surface area contributed by atoms with Gasteiger partial charge in [-0.3, -0.25) is 14.9 Å². The Morgan fingerprint density at radius 2 is 1.97 bits per heavy atom. The second-order valence-electron chi connectivity index (χ2n) is 7.73. The van der Waals surface area contributed by atoms with Crippen LogP contribution in [0.4, 0.5) is 17.2 Å². The van der Waals surface area contributed by atoms with Gasteiger partial charge < -0.3 is 15.0 Å². The molecule has 1 aromatic carbocycles. The minimum atomic E-state index is -0.488. The number of anilines is 2. The Morgan fingerprint density at radius 3 is 2.62 bits per heavy atom. The Bertz CT molecular complexity index is 1140. The van der Waals surface area contributed by atoms with Crippen molar-refractivity contribution in [1.29, 1.82) is 0 Å². The van der Waals surface area contributed by atoms with E-state index in [9.17, 15) is 14.9 Å². The van der Waals surface area contributed by atoms with Gasteiger partial charge in [-0.2, -0.15) is 0 Å². The molecule has 0 saturated carbocycles. The lowest BCUT2D eigenvalue weighted by Gasteiger charge is -2.36. The van der Waals surface area contributed by atoms with Crippen molar-refractivity contribution < 1.29 is 14.5 Å². The van der Waals surface area contributed by atoms with Crippen LogP contribution in [0.15, 0.2) is 42.6 Å². The van der Waals surface area contributed by atoms with E-state index in [4.69, 9.17) is 4.74 Å². The minimum Gasteiger partial charge on any atom is -0.372 e. The molecule has 1 aliphatic heterocycles. The normalized spacial score (nSPS) is 18.4. The molecule has 2 atom stereocenters. The Balaban J connectivity index is 1.48. The molecule has 2 unspecified atom stereocenters. The fraction of sp³-hybridized carbons (Fsp3) is 0.333. The van der Waals surface area contributed by atoms with Crippen molar-refractivity contribution in [1.82, 2.24) is 20.0 Å². The monoisotopic (exact) mass is 437 g/mol. The molecule has 0 spiro atoms. The molecular formula is C21H23N7O4. The number of nitro benzene ring substituents is 1. The summed E-state index contributed by atoms with van der Waals surface area (Å²) in [6, 6.07) is 9.61. The van der Waals surface area contributed by atoms with Crippen LogP contribution in [0, 0.1) is 17.0 Å². The van der Waals surface area contributed by atoms with Gasteiger partial charge in [0.1, 0.15) is 5.82 Å². The highest BCUT2D eigenvalue weighted by atomic mass is 16.6. The van der Waals surface area contributed by atoms with Gasteiger partial charge in [0.2, 0.25) is 0 Å². The van der Waals surface area contributed by atoms with Crippen LogP contribution in [0.2, 0.25) is 0 Å². The third-order valence-corrected chi connectivity index (χ3v) is 5.14. The van der Waals surface area contributed by atoms with Crippen LogP contribution in [0.1, 0.15) is 30.0 Å². The van der Waals surface area contributed by atoms with Gasteiger partial charge in [0.05, 0.1) is 40.4 Å². The van der Waals surface area contributed by atoms with Crippen LogP contribution in [-0.4, -0.2) is 56.1 Å². The molecule has 3 heterocycles. The number of pyridine rings is 1. The molecule has 11 heteroatoms. The molecule has 1 fully saturated rings. The van der Waals surface area contributed by atoms with Gasteiger partial charge in [-0.1, -0.05) is 11.3 Å². The standard InChI is InChI=1S/C21H23N7O4/c1-13-11-26(12-14(2)32-13)19-8-7-16(10-22-19)23-21(29)20-15(3)27(25-24-20)17-5-4-6-18(9-17)28(30)31/h4-10,13-14H,11-12H2,1-3H3,(H,23,29). The number of aromatic nitrogens is 4. The Kier molecular flexibility index (Phi) is 5.82. The molecular weight excluding hydrogens is 414 g/mol. The quantitative estimate of drug-likeness (QED) is 0.477. The van der Waals surface area contributed by atoms with E-state index in [0.29, 0.717) is 17.1 Å². The number of morpholine rings is 1. The number of rotatable bonds is 5. The van der Waals surface area contributed by atoms with Crippen molar-refractivity contribution in [2.45, 2.75) is 33.0 Å². The Labute approximate surface area is 184 Å². The molecule has 1 amide bonds. The number of amides is 1. The first-order chi connectivity index (χ1) is 15.3. The van der Waals surface area contributed by atoms with E-state index in [-0.39, 0.29) is 23.6 Å². The first kappa shape index (κ1) is 21.4. The number of carbonyl (C=O) groups is 1. The SMILES string of the molecule is Cc1c(C(=O)Nc2ccc(N3CC(C)OC(C)C3)nc2)nnn1-c1cccc([N+](=O)[O-])c1. The van der Waals surface area contributed by atoms with Crippen LogP contribution < -0.4 is 10.2 Å². The number of non-ortho nitro benzene ring substituents is 1. The van der Waals surface area contributed by atoms with E-state index in [0.717, 1.165) is 18.9 Å². The topological polar surface area (TPSA) is 128 Å². The van der Waals surface area contributed by atoms with Gasteiger partial charge in [0.25, 0.3) is 11.6 Å². The summed E-state index contributed by atoms with van der Waals surface area (Å²) in [5.74, 6) is 0.375. The zero-order valence-corrected chi connectivity index (χ0v) is 17.9. The summed E-state index contributed by atoms with van der Waals surface area (Å²) in [7, 11) is 0. The molecule has 4 rings (SSSR count). The molecule has 1 N–H and O–H groups in total. The van der Waals surface area contributed by atoms with Crippen molar-refractivity contribution >= 4 is 23.1 Å². The predicted molar refractivity (Wildman–Crippen MR) is 117 cm³/mol. The summed E-state index contributed by atoms with van der Waals surface area (Å²) in [5, 5.41) is 21.7. The molecule has 0 aliphatic carbocycles. The lowest BCUT2D eigenvalue weighted by Crippen LogP contribution is -2.45. The number of nitrogens with zero attached hydrogens (tertiary/aromatic N) is 6. The summed E-state index contributed by atoms with van der Waals surface area (Å²) in [4.78, 5) is 29.9. The Hall–Kier alpha value is -3.86. The molecule has 0 bridgehead atoms. The summed E-state index contributed by atoms with van der Waals surface area (Å²) in [5.41, 5.74) is 1.49. The summed E-state index contributed by atoms with van der Waals surface area (Å²) in [6.07, 6.45) is 1.84. The third kappa shape index (κ3) is 4.42. The van der Waals surface area contributed by atoms with Crippen LogP contribution in [0.5, 0.6) is 0 Å². The smallest absolute Gasteiger partial charge is 0.278 e. The van der Waals surface area contributed by atoms with Crippen molar-refractivity contribution in [3.05, 3.63) is 64.1 Å². The van der Waals surface area contributed by atoms with Gasteiger partial charge in [-0.15, -0.1) is 5.10 Å². The van der Waals surface area contributed by atoms with E-state index in [1.165, 1.54) is 16.8 Å². The predicted octanol–water partition coefficient (Wildman–Crippen LogP) is 2.74. The molecule has 11 nitrogen and oxygen atoms in total. The van der Waals surface area contributed by atoms with E-state index < -0.39 is 10.8 Å². The number of nitro groups is 1. The van der Waals surface area contributed by atoms with Crippen LogP contribution >= 0.6 is 0 Å². The number of ether oxygens (including phenoxy) is 1. The molecule has 0 radical (unpaired) electrons. The number of hydrogen-bond donors (Lipinski definition) is 1. The van der Waals surface area contributed by atoms with Gasteiger partial charge in [0, 0.05) is 25.2 Å². The van der Waals surface area contributed by atoms with Crippen molar-refractivity contribution in [2.75, 3.05) is 23.3 Å². The number of nitrogens with one attached hydrogen (secondary N) is 1. The average Bonchev–Trinajstić information content (AvgIpc) is 3.15. The first-order valence-corrected chi connectivity index (χ1v) is 10.2. The van der Waals surface area contributed by atoms with Crippen molar-refractivity contribution in [3.8, 4) is 5.69 Å². The fourth-order valence-electron chi connectivity index (χ4n) is 3.72.